The molecule has 6 nitrogen and oxygen atoms in total. The molecule has 0 fully saturated rings. The van der Waals surface area contributed by atoms with Gasteiger partial charge in [-0.15, -0.1) is 0 Å². The molecule has 124 valence electrons. The number of para-hydroxylation sites is 2. The van der Waals surface area contributed by atoms with Crippen LogP contribution in [0.15, 0.2) is 59.1 Å². The van der Waals surface area contributed by atoms with E-state index in [0.717, 1.165) is 22.2 Å². The normalized spacial score (nSPS) is 11.0. The summed E-state index contributed by atoms with van der Waals surface area (Å²) < 4.78 is 7.13. The highest BCUT2D eigenvalue weighted by Gasteiger charge is 2.16. The topological polar surface area (TPSA) is 73.0 Å². The number of carbonyl (C=O) groups is 1. The molecule has 0 aliphatic rings. The third-order valence-corrected chi connectivity index (χ3v) is 4.09. The number of fused-ring (bicyclic) bond motifs is 1. The van der Waals surface area contributed by atoms with Crippen LogP contribution in [-0.4, -0.2) is 20.6 Å². The number of aromatic nitrogens is 3. The van der Waals surface area contributed by atoms with E-state index >= 15 is 0 Å². The standard InChI is InChI=1S/C19H16N4O2/c1-12-7-9-13(10-8-12)17-11-15(22-25-17)18(24)21-19-20-14-5-3-4-6-16(14)23(19)2/h3-11H,1-2H3,(H,20,21,24). The zero-order valence-electron chi connectivity index (χ0n) is 13.9. The molecule has 1 amide bonds. The van der Waals surface area contributed by atoms with Crippen molar-refractivity contribution < 1.29 is 9.32 Å². The molecule has 0 saturated carbocycles. The number of nitrogens with one attached hydrogen (secondary N) is 1. The fourth-order valence-electron chi connectivity index (χ4n) is 2.66. The summed E-state index contributed by atoms with van der Waals surface area (Å²) in [6.45, 7) is 2.01. The van der Waals surface area contributed by atoms with Crippen LogP contribution in [0.5, 0.6) is 0 Å². The first-order chi connectivity index (χ1) is 12.1. The quantitative estimate of drug-likeness (QED) is 0.619. The van der Waals surface area contributed by atoms with Gasteiger partial charge in [-0.25, -0.2) is 4.98 Å². The lowest BCUT2D eigenvalue weighted by Gasteiger charge is -2.02. The van der Waals surface area contributed by atoms with Crippen LogP contribution in [0.25, 0.3) is 22.4 Å². The van der Waals surface area contributed by atoms with Crippen molar-refractivity contribution in [3.63, 3.8) is 0 Å². The van der Waals surface area contributed by atoms with Gasteiger partial charge in [-0.1, -0.05) is 47.1 Å². The molecule has 1 N–H and O–H groups in total. The van der Waals surface area contributed by atoms with Crippen molar-refractivity contribution in [2.24, 2.45) is 7.05 Å². The van der Waals surface area contributed by atoms with E-state index in [1.54, 1.807) is 6.07 Å². The number of carbonyl (C=O) groups excluding carboxylic acids is 1. The summed E-state index contributed by atoms with van der Waals surface area (Å²) in [5.41, 5.74) is 4.00. The maximum absolute atomic E-state index is 12.5. The molecular weight excluding hydrogens is 316 g/mol. The summed E-state index contributed by atoms with van der Waals surface area (Å²) in [5.74, 6) is 0.654. The number of rotatable bonds is 3. The van der Waals surface area contributed by atoms with Crippen LogP contribution in [0.1, 0.15) is 16.1 Å². The Kier molecular flexibility index (Phi) is 3.57. The van der Waals surface area contributed by atoms with Crippen LogP contribution in [0.2, 0.25) is 0 Å². The average Bonchev–Trinajstić information content (AvgIpc) is 3.22. The minimum Gasteiger partial charge on any atom is -0.355 e. The van der Waals surface area contributed by atoms with Gasteiger partial charge in [0.1, 0.15) is 0 Å². The van der Waals surface area contributed by atoms with Gasteiger partial charge in [0.15, 0.2) is 11.5 Å². The number of amides is 1. The summed E-state index contributed by atoms with van der Waals surface area (Å²) in [6, 6.07) is 17.1. The summed E-state index contributed by atoms with van der Waals surface area (Å²) in [4.78, 5) is 16.9. The van der Waals surface area contributed by atoms with Gasteiger partial charge in [0.2, 0.25) is 5.95 Å². The Balaban J connectivity index is 1.59. The van der Waals surface area contributed by atoms with E-state index in [0.29, 0.717) is 11.7 Å². The summed E-state index contributed by atoms with van der Waals surface area (Å²) in [7, 11) is 1.85. The molecule has 6 heteroatoms. The fraction of sp³-hybridized carbons (Fsp3) is 0.105. The first-order valence-electron chi connectivity index (χ1n) is 7.88. The van der Waals surface area contributed by atoms with Gasteiger partial charge in [-0.05, 0) is 19.1 Å². The molecule has 0 spiro atoms. The SMILES string of the molecule is Cc1ccc(-c2cc(C(=O)Nc3nc4ccccc4n3C)no2)cc1. The maximum Gasteiger partial charge on any atom is 0.280 e. The van der Waals surface area contributed by atoms with Crippen molar-refractivity contribution >= 4 is 22.9 Å². The molecule has 2 aromatic heterocycles. The van der Waals surface area contributed by atoms with E-state index in [9.17, 15) is 4.79 Å². The molecule has 4 rings (SSSR count). The van der Waals surface area contributed by atoms with Crippen LogP contribution < -0.4 is 5.32 Å². The third kappa shape index (κ3) is 2.78. The van der Waals surface area contributed by atoms with E-state index in [4.69, 9.17) is 4.52 Å². The smallest absolute Gasteiger partial charge is 0.280 e. The van der Waals surface area contributed by atoms with Crippen molar-refractivity contribution in [1.29, 1.82) is 0 Å². The molecule has 0 radical (unpaired) electrons. The van der Waals surface area contributed by atoms with E-state index in [2.05, 4.69) is 15.5 Å². The van der Waals surface area contributed by atoms with Gasteiger partial charge in [0.05, 0.1) is 11.0 Å². The minimum atomic E-state index is -0.361. The second-order valence-electron chi connectivity index (χ2n) is 5.88. The largest absolute Gasteiger partial charge is 0.355 e. The first kappa shape index (κ1) is 15.1. The molecular formula is C19H16N4O2. The molecule has 2 heterocycles. The lowest BCUT2D eigenvalue weighted by atomic mass is 10.1. The average molecular weight is 332 g/mol. The monoisotopic (exact) mass is 332 g/mol. The second-order valence-corrected chi connectivity index (χ2v) is 5.88. The Hall–Kier alpha value is -3.41. The van der Waals surface area contributed by atoms with Gasteiger partial charge in [0, 0.05) is 18.7 Å². The van der Waals surface area contributed by atoms with Crippen LogP contribution in [-0.2, 0) is 7.05 Å². The van der Waals surface area contributed by atoms with Crippen molar-refractivity contribution in [1.82, 2.24) is 14.7 Å². The van der Waals surface area contributed by atoms with Crippen molar-refractivity contribution in [2.45, 2.75) is 6.92 Å². The Morgan fingerprint density at radius 1 is 1.12 bits per heavy atom. The molecule has 4 aromatic rings. The molecule has 0 atom stereocenters. The lowest BCUT2D eigenvalue weighted by Crippen LogP contribution is -2.15. The number of imidazole rings is 1. The van der Waals surface area contributed by atoms with Gasteiger partial charge in [-0.2, -0.15) is 0 Å². The molecule has 2 aromatic carbocycles. The Morgan fingerprint density at radius 3 is 2.64 bits per heavy atom. The van der Waals surface area contributed by atoms with Crippen molar-refractivity contribution in [2.75, 3.05) is 5.32 Å². The van der Waals surface area contributed by atoms with Gasteiger partial charge < -0.3 is 9.09 Å². The zero-order chi connectivity index (χ0) is 17.4. The number of aryl methyl sites for hydroxylation is 2. The number of anilines is 1. The molecule has 0 saturated heterocycles. The van der Waals surface area contributed by atoms with Crippen LogP contribution in [0.3, 0.4) is 0 Å². The van der Waals surface area contributed by atoms with Crippen LogP contribution in [0.4, 0.5) is 5.95 Å². The predicted octanol–water partition coefficient (Wildman–Crippen LogP) is 3.79. The van der Waals surface area contributed by atoms with E-state index < -0.39 is 0 Å². The summed E-state index contributed by atoms with van der Waals surface area (Å²) >= 11 is 0. The van der Waals surface area contributed by atoms with Gasteiger partial charge in [-0.3, -0.25) is 10.1 Å². The lowest BCUT2D eigenvalue weighted by molar-refractivity contribution is 0.101. The summed E-state index contributed by atoms with van der Waals surface area (Å²) in [6.07, 6.45) is 0. The van der Waals surface area contributed by atoms with Gasteiger partial charge in [0.25, 0.3) is 5.91 Å². The number of hydrogen-bond donors (Lipinski definition) is 1. The highest BCUT2D eigenvalue weighted by Crippen LogP contribution is 2.22. The highest BCUT2D eigenvalue weighted by molar-refractivity contribution is 6.03. The second kappa shape index (κ2) is 5.90. The van der Waals surface area contributed by atoms with E-state index in [1.807, 2.05) is 67.1 Å². The maximum atomic E-state index is 12.5. The zero-order valence-corrected chi connectivity index (χ0v) is 13.9. The number of nitrogens with zero attached hydrogens (tertiary/aromatic N) is 3. The molecule has 0 unspecified atom stereocenters. The predicted molar refractivity (Wildman–Crippen MR) is 95.3 cm³/mol. The highest BCUT2D eigenvalue weighted by atomic mass is 16.5. The molecule has 25 heavy (non-hydrogen) atoms. The first-order valence-corrected chi connectivity index (χ1v) is 7.88. The molecule has 0 bridgehead atoms. The Bertz CT molecular complexity index is 1060. The number of benzene rings is 2. The Morgan fingerprint density at radius 2 is 1.88 bits per heavy atom. The molecule has 0 aliphatic carbocycles. The van der Waals surface area contributed by atoms with Crippen molar-refractivity contribution in [3.05, 3.63) is 65.9 Å². The minimum absolute atomic E-state index is 0.211. The number of hydrogen-bond acceptors (Lipinski definition) is 4. The Labute approximate surface area is 144 Å². The van der Waals surface area contributed by atoms with Crippen LogP contribution >= 0.6 is 0 Å². The van der Waals surface area contributed by atoms with Gasteiger partial charge >= 0.3 is 0 Å². The molecule has 0 aliphatic heterocycles. The third-order valence-electron chi connectivity index (χ3n) is 4.09. The summed E-state index contributed by atoms with van der Waals surface area (Å²) in [5, 5.41) is 6.65. The van der Waals surface area contributed by atoms with Crippen molar-refractivity contribution in [3.8, 4) is 11.3 Å². The van der Waals surface area contributed by atoms with Crippen LogP contribution in [0, 0.1) is 6.92 Å². The van der Waals surface area contributed by atoms with E-state index in [1.165, 1.54) is 0 Å². The van der Waals surface area contributed by atoms with E-state index in [-0.39, 0.29) is 11.6 Å². The fourth-order valence-corrected chi connectivity index (χ4v) is 2.66.